The minimum absolute atomic E-state index is 0.210. The molecule has 0 saturated carbocycles. The minimum atomic E-state index is -0.491. The Labute approximate surface area is 202 Å². The molecule has 1 aromatic heterocycles. The van der Waals surface area contributed by atoms with Gasteiger partial charge >= 0.3 is 0 Å². The fraction of sp³-hybridized carbons (Fsp3) is 0.148. The molecule has 3 N–H and O–H groups in total. The number of nitrogens with two attached hydrogens (primary N) is 1. The Kier molecular flexibility index (Phi) is 7.03. The Bertz CT molecular complexity index is 1400. The molecule has 0 aliphatic rings. The summed E-state index contributed by atoms with van der Waals surface area (Å²) in [6.07, 6.45) is 0. The standard InChI is InChI=1S/C27H26FN5O2/c1-32(2)16-18-3-7-20(8-4-18)24-13-14-26(34)33(31-24)17-19-5-9-21(10-6-19)27(35)30-25-15-22(28)11-12-23(25)29/h3-15H,16-17,29H2,1-2H3,(H,30,35). The first-order valence-corrected chi connectivity index (χ1v) is 11.1. The number of nitrogens with one attached hydrogen (secondary N) is 1. The van der Waals surface area contributed by atoms with Gasteiger partial charge in [0.05, 0.1) is 23.6 Å². The van der Waals surface area contributed by atoms with Crippen molar-refractivity contribution >= 4 is 17.3 Å². The van der Waals surface area contributed by atoms with Gasteiger partial charge in [0.15, 0.2) is 0 Å². The summed E-state index contributed by atoms with van der Waals surface area (Å²) in [5, 5.41) is 7.14. The van der Waals surface area contributed by atoms with Gasteiger partial charge in [-0.1, -0.05) is 36.4 Å². The van der Waals surface area contributed by atoms with Gasteiger partial charge in [-0.15, -0.1) is 0 Å². The molecule has 4 aromatic rings. The summed E-state index contributed by atoms with van der Waals surface area (Å²) < 4.78 is 14.8. The summed E-state index contributed by atoms with van der Waals surface area (Å²) in [7, 11) is 4.04. The molecule has 3 aromatic carbocycles. The summed E-state index contributed by atoms with van der Waals surface area (Å²) >= 11 is 0. The zero-order valence-corrected chi connectivity index (χ0v) is 19.5. The number of aromatic nitrogens is 2. The van der Waals surface area contributed by atoms with Crippen LogP contribution in [-0.4, -0.2) is 34.7 Å². The summed E-state index contributed by atoms with van der Waals surface area (Å²) in [6.45, 7) is 1.10. The first kappa shape index (κ1) is 23.8. The normalized spacial score (nSPS) is 11.0. The predicted molar refractivity (Wildman–Crippen MR) is 136 cm³/mol. The molecule has 0 atom stereocenters. The van der Waals surface area contributed by atoms with E-state index in [1.54, 1.807) is 30.3 Å². The highest BCUT2D eigenvalue weighted by Gasteiger charge is 2.10. The van der Waals surface area contributed by atoms with Crippen LogP contribution in [0.15, 0.2) is 83.7 Å². The summed E-state index contributed by atoms with van der Waals surface area (Å²) in [6, 6.07) is 21.9. The van der Waals surface area contributed by atoms with Crippen molar-refractivity contribution in [1.29, 1.82) is 0 Å². The molecule has 8 heteroatoms. The number of amides is 1. The molecule has 0 aliphatic carbocycles. The van der Waals surface area contributed by atoms with Gasteiger partial charge in [0.25, 0.3) is 11.5 Å². The van der Waals surface area contributed by atoms with E-state index in [0.717, 1.165) is 17.7 Å². The van der Waals surface area contributed by atoms with Crippen molar-refractivity contribution in [3.63, 3.8) is 0 Å². The number of rotatable bonds is 7. The van der Waals surface area contributed by atoms with Crippen LogP contribution in [0.5, 0.6) is 0 Å². The first-order valence-electron chi connectivity index (χ1n) is 11.1. The van der Waals surface area contributed by atoms with E-state index in [9.17, 15) is 14.0 Å². The second-order valence-electron chi connectivity index (χ2n) is 8.53. The average Bonchev–Trinajstić information content (AvgIpc) is 2.83. The molecule has 1 heterocycles. The molecule has 35 heavy (non-hydrogen) atoms. The monoisotopic (exact) mass is 471 g/mol. The van der Waals surface area contributed by atoms with Crippen LogP contribution in [0, 0.1) is 5.82 Å². The van der Waals surface area contributed by atoms with Gasteiger partial charge in [0, 0.05) is 23.7 Å². The Hall–Kier alpha value is -4.30. The van der Waals surface area contributed by atoms with Crippen LogP contribution < -0.4 is 16.6 Å². The molecule has 1 amide bonds. The zero-order chi connectivity index (χ0) is 24.9. The molecule has 4 rings (SSSR count). The molecule has 0 aliphatic heterocycles. The van der Waals surface area contributed by atoms with Crippen LogP contribution in [-0.2, 0) is 13.1 Å². The Balaban J connectivity index is 1.48. The van der Waals surface area contributed by atoms with Crippen molar-refractivity contribution in [2.45, 2.75) is 13.1 Å². The maximum Gasteiger partial charge on any atom is 0.267 e. The fourth-order valence-corrected chi connectivity index (χ4v) is 3.63. The lowest BCUT2D eigenvalue weighted by Gasteiger charge is -2.11. The molecule has 0 saturated heterocycles. The number of anilines is 2. The van der Waals surface area contributed by atoms with Gasteiger partial charge in [-0.05, 0) is 61.6 Å². The third kappa shape index (κ3) is 5.99. The zero-order valence-electron chi connectivity index (χ0n) is 19.5. The van der Waals surface area contributed by atoms with Crippen LogP contribution in [0.25, 0.3) is 11.3 Å². The van der Waals surface area contributed by atoms with E-state index in [2.05, 4.69) is 15.3 Å². The van der Waals surface area contributed by atoms with Crippen LogP contribution in [0.4, 0.5) is 15.8 Å². The number of halogens is 1. The third-order valence-electron chi connectivity index (χ3n) is 5.43. The number of carbonyl (C=O) groups is 1. The largest absolute Gasteiger partial charge is 0.397 e. The van der Waals surface area contributed by atoms with Gasteiger partial charge in [-0.2, -0.15) is 5.10 Å². The number of hydrogen-bond acceptors (Lipinski definition) is 5. The third-order valence-corrected chi connectivity index (χ3v) is 5.43. The van der Waals surface area contributed by atoms with Crippen molar-refractivity contribution in [2.75, 3.05) is 25.1 Å². The van der Waals surface area contributed by atoms with Crippen molar-refractivity contribution in [3.05, 3.63) is 112 Å². The number of benzene rings is 3. The topological polar surface area (TPSA) is 93.2 Å². The molecule has 0 unspecified atom stereocenters. The fourth-order valence-electron chi connectivity index (χ4n) is 3.63. The lowest BCUT2D eigenvalue weighted by molar-refractivity contribution is 0.102. The quantitative estimate of drug-likeness (QED) is 0.398. The van der Waals surface area contributed by atoms with E-state index in [1.165, 1.54) is 34.5 Å². The van der Waals surface area contributed by atoms with E-state index in [4.69, 9.17) is 5.73 Å². The Morgan fingerprint density at radius 2 is 1.66 bits per heavy atom. The molecule has 0 spiro atoms. The number of nitrogen functional groups attached to an aromatic ring is 1. The molecule has 0 bridgehead atoms. The lowest BCUT2D eigenvalue weighted by atomic mass is 10.1. The van der Waals surface area contributed by atoms with E-state index in [-0.39, 0.29) is 23.5 Å². The van der Waals surface area contributed by atoms with Crippen LogP contribution in [0.1, 0.15) is 21.5 Å². The maximum absolute atomic E-state index is 13.4. The molecule has 7 nitrogen and oxygen atoms in total. The Morgan fingerprint density at radius 1 is 0.971 bits per heavy atom. The Morgan fingerprint density at radius 3 is 2.34 bits per heavy atom. The van der Waals surface area contributed by atoms with E-state index < -0.39 is 11.7 Å². The van der Waals surface area contributed by atoms with Gasteiger partial charge < -0.3 is 16.0 Å². The van der Waals surface area contributed by atoms with Gasteiger partial charge in [0.2, 0.25) is 0 Å². The van der Waals surface area contributed by atoms with Crippen molar-refractivity contribution in [1.82, 2.24) is 14.7 Å². The predicted octanol–water partition coefficient (Wildman–Crippen LogP) is 3.99. The van der Waals surface area contributed by atoms with E-state index in [1.807, 2.05) is 38.4 Å². The molecular weight excluding hydrogens is 445 g/mol. The SMILES string of the molecule is CN(C)Cc1ccc(-c2ccc(=O)n(Cc3ccc(C(=O)Nc4cc(F)ccc4N)cc3)n2)cc1. The number of nitrogens with zero attached hydrogens (tertiary/aromatic N) is 3. The van der Waals surface area contributed by atoms with Gasteiger partial charge in [0.1, 0.15) is 5.82 Å². The van der Waals surface area contributed by atoms with E-state index >= 15 is 0 Å². The smallest absolute Gasteiger partial charge is 0.267 e. The first-order chi connectivity index (χ1) is 16.8. The minimum Gasteiger partial charge on any atom is -0.397 e. The highest BCUT2D eigenvalue weighted by molar-refractivity contribution is 6.05. The number of carbonyl (C=O) groups excluding carboxylic acids is 1. The molecular formula is C27H26FN5O2. The van der Waals surface area contributed by atoms with Crippen LogP contribution in [0.3, 0.4) is 0 Å². The molecule has 0 fully saturated rings. The van der Waals surface area contributed by atoms with Gasteiger partial charge in [-0.25, -0.2) is 9.07 Å². The summed E-state index contributed by atoms with van der Waals surface area (Å²) in [5.74, 6) is -0.904. The molecule has 178 valence electrons. The van der Waals surface area contributed by atoms with Gasteiger partial charge in [-0.3, -0.25) is 9.59 Å². The lowest BCUT2D eigenvalue weighted by Crippen LogP contribution is -2.23. The highest BCUT2D eigenvalue weighted by Crippen LogP contribution is 2.20. The van der Waals surface area contributed by atoms with Crippen molar-refractivity contribution in [3.8, 4) is 11.3 Å². The van der Waals surface area contributed by atoms with Crippen molar-refractivity contribution in [2.24, 2.45) is 0 Å². The maximum atomic E-state index is 13.4. The number of hydrogen-bond donors (Lipinski definition) is 2. The van der Waals surface area contributed by atoms with E-state index in [0.29, 0.717) is 11.3 Å². The summed E-state index contributed by atoms with van der Waals surface area (Å²) in [4.78, 5) is 27.0. The molecule has 0 radical (unpaired) electrons. The average molecular weight is 472 g/mol. The van der Waals surface area contributed by atoms with Crippen molar-refractivity contribution < 1.29 is 9.18 Å². The summed E-state index contributed by atoms with van der Waals surface area (Å²) in [5.41, 5.74) is 10.1. The van der Waals surface area contributed by atoms with Crippen LogP contribution >= 0.6 is 0 Å². The van der Waals surface area contributed by atoms with Crippen LogP contribution in [0.2, 0.25) is 0 Å². The highest BCUT2D eigenvalue weighted by atomic mass is 19.1. The second-order valence-corrected chi connectivity index (χ2v) is 8.53. The second kappa shape index (κ2) is 10.3.